The molecular formula is C46H65N9O13. The fourth-order valence-electron chi connectivity index (χ4n) is 8.71. The summed E-state index contributed by atoms with van der Waals surface area (Å²) in [6.07, 6.45) is 1.70. The van der Waals surface area contributed by atoms with E-state index in [2.05, 4.69) is 31.9 Å². The second kappa shape index (κ2) is 25.1. The van der Waals surface area contributed by atoms with Gasteiger partial charge in [0.1, 0.15) is 53.8 Å². The lowest BCUT2D eigenvalue weighted by Crippen LogP contribution is -2.61. The highest BCUT2D eigenvalue weighted by molar-refractivity contribution is 5.98. The third-order valence-corrected chi connectivity index (χ3v) is 12.5. The molecule has 0 aliphatic carbocycles. The highest BCUT2D eigenvalue weighted by atomic mass is 16.4. The van der Waals surface area contributed by atoms with Crippen LogP contribution in [0.4, 0.5) is 0 Å². The normalized spacial score (nSPS) is 20.6. The number of carboxylic acids is 1. The summed E-state index contributed by atoms with van der Waals surface area (Å²) in [7, 11) is 0. The molecule has 0 unspecified atom stereocenters. The number of amides is 7. The molecule has 0 saturated carbocycles. The van der Waals surface area contributed by atoms with Crippen LogP contribution in [0.15, 0.2) is 48.5 Å². The lowest BCUT2D eigenvalue weighted by molar-refractivity contribution is -0.148. The minimum absolute atomic E-state index is 0.0303. The van der Waals surface area contributed by atoms with Crippen LogP contribution in [0.1, 0.15) is 75.8 Å². The Balaban J connectivity index is 1.29. The van der Waals surface area contributed by atoms with Gasteiger partial charge in [0.15, 0.2) is 0 Å². The fraction of sp³-hybridized carbons (Fsp3) is 0.565. The SMILES string of the molecule is C[C@@H](O)[C@H](NC(=O)[C@@H]1CCCN1C(=O)[C@@H]1CCCN1C(=O)[C@H](Cc1ccc(O)cc1)NC(=O)[C@H](CO)NC(=O)[C@@H]1CCCN1)C(=O)N[C@@H](Cc1ccc(O)cc1)C(=O)N[C@@H](CCCCN)C(=O)O. The monoisotopic (exact) mass is 951 g/mol. The predicted octanol–water partition coefficient (Wildman–Crippen LogP) is -2.37. The highest BCUT2D eigenvalue weighted by Gasteiger charge is 2.45. The van der Waals surface area contributed by atoms with Crippen molar-refractivity contribution in [2.75, 3.05) is 32.8 Å². The number of aliphatic hydroxyl groups excluding tert-OH is 2. The zero-order valence-corrected chi connectivity index (χ0v) is 38.1. The standard InChI is InChI=1S/C46H65N9O13/c1-26(57)38(43(64)50-33(23-27-11-15-29(58)16-12-27)40(61)49-32(46(67)68)7-2-3-19-47)53-42(63)36-9-5-21-54(36)45(66)37-10-6-22-55(37)44(65)34(24-28-13-17-30(59)18-14-28)51-41(62)35(25-56)52-39(60)31-8-4-20-48-31/h11-18,26,31-38,48,56-59H,2-10,19-25,47H2,1H3,(H,49,61)(H,50,64)(H,51,62)(H,52,60)(H,53,63)(H,67,68)/t26-,31+,32+,33+,34+,35+,36+,37+,38+/m1/s1. The summed E-state index contributed by atoms with van der Waals surface area (Å²) >= 11 is 0. The van der Waals surface area contributed by atoms with Crippen LogP contribution in [0.5, 0.6) is 11.5 Å². The van der Waals surface area contributed by atoms with Gasteiger partial charge >= 0.3 is 5.97 Å². The number of aromatic hydroxyl groups is 2. The van der Waals surface area contributed by atoms with Gasteiger partial charge in [-0.3, -0.25) is 33.6 Å². The molecule has 2 aromatic carbocycles. The van der Waals surface area contributed by atoms with Crippen molar-refractivity contribution in [1.29, 1.82) is 0 Å². The van der Waals surface area contributed by atoms with Gasteiger partial charge in [0.05, 0.1) is 18.8 Å². The smallest absolute Gasteiger partial charge is 0.326 e. The molecule has 0 radical (unpaired) electrons. The summed E-state index contributed by atoms with van der Waals surface area (Å²) in [6, 6.07) is 1.92. The van der Waals surface area contributed by atoms with Crippen molar-refractivity contribution < 1.29 is 63.9 Å². The maximum Gasteiger partial charge on any atom is 0.326 e. The number of nitrogens with one attached hydrogen (secondary N) is 6. The largest absolute Gasteiger partial charge is 0.508 e. The third-order valence-electron chi connectivity index (χ3n) is 12.5. The number of unbranched alkanes of at least 4 members (excludes halogenated alkanes) is 1. The Morgan fingerprint density at radius 1 is 0.676 bits per heavy atom. The number of phenols is 2. The number of nitrogens with zero attached hydrogens (tertiary/aromatic N) is 2. The number of phenolic OH excluding ortho intramolecular Hbond substituents is 2. The van der Waals surface area contributed by atoms with Crippen molar-refractivity contribution in [2.45, 2.75) is 132 Å². The van der Waals surface area contributed by atoms with Crippen LogP contribution in [-0.4, -0.2) is 170 Å². The van der Waals surface area contributed by atoms with E-state index in [4.69, 9.17) is 5.73 Å². The van der Waals surface area contributed by atoms with Crippen LogP contribution in [0.25, 0.3) is 0 Å². The van der Waals surface area contributed by atoms with Crippen LogP contribution < -0.4 is 37.6 Å². The Morgan fingerprint density at radius 3 is 1.79 bits per heavy atom. The third kappa shape index (κ3) is 14.3. The van der Waals surface area contributed by atoms with Gasteiger partial charge in [0.2, 0.25) is 41.4 Å². The van der Waals surface area contributed by atoms with E-state index in [-0.39, 0.29) is 56.7 Å². The molecule has 13 N–H and O–H groups in total. The fourth-order valence-corrected chi connectivity index (χ4v) is 8.71. The van der Waals surface area contributed by atoms with E-state index in [1.807, 2.05) is 0 Å². The van der Waals surface area contributed by atoms with E-state index in [9.17, 15) is 63.9 Å². The number of aliphatic hydroxyl groups is 2. The van der Waals surface area contributed by atoms with Crippen LogP contribution >= 0.6 is 0 Å². The molecule has 22 nitrogen and oxygen atoms in total. The lowest BCUT2D eigenvalue weighted by Gasteiger charge is -2.34. The maximum absolute atomic E-state index is 14.5. The average molecular weight is 952 g/mol. The number of nitrogens with two attached hydrogens (primary N) is 1. The first-order valence-corrected chi connectivity index (χ1v) is 23.1. The molecular weight excluding hydrogens is 887 g/mol. The molecule has 22 heteroatoms. The summed E-state index contributed by atoms with van der Waals surface area (Å²) in [4.78, 5) is 112. The molecule has 7 amide bonds. The molecule has 3 saturated heterocycles. The van der Waals surface area contributed by atoms with Gasteiger partial charge < -0.3 is 73.0 Å². The molecule has 68 heavy (non-hydrogen) atoms. The van der Waals surface area contributed by atoms with Crippen molar-refractivity contribution >= 4 is 47.3 Å². The Bertz CT molecular complexity index is 2080. The number of carbonyl (C=O) groups is 8. The van der Waals surface area contributed by atoms with E-state index in [1.165, 1.54) is 53.1 Å². The Kier molecular flexibility index (Phi) is 19.4. The molecule has 3 fully saturated rings. The van der Waals surface area contributed by atoms with Gasteiger partial charge in [-0.15, -0.1) is 0 Å². The molecule has 9 atom stereocenters. The van der Waals surface area contributed by atoms with Crippen LogP contribution in [0.2, 0.25) is 0 Å². The molecule has 2 aromatic rings. The first-order chi connectivity index (χ1) is 32.5. The Labute approximate surface area is 393 Å². The summed E-state index contributed by atoms with van der Waals surface area (Å²) in [5.41, 5.74) is 6.58. The number of likely N-dealkylation sites (tertiary alicyclic amines) is 2. The Hall–Kier alpha value is -6.36. The van der Waals surface area contributed by atoms with E-state index >= 15 is 0 Å². The molecule has 372 valence electrons. The van der Waals surface area contributed by atoms with Gasteiger partial charge in [0, 0.05) is 25.9 Å². The van der Waals surface area contributed by atoms with E-state index < -0.39 is 108 Å². The van der Waals surface area contributed by atoms with Gasteiger partial charge in [-0.05, 0) is 113 Å². The van der Waals surface area contributed by atoms with Crippen LogP contribution in [-0.2, 0) is 51.2 Å². The predicted molar refractivity (Wildman–Crippen MR) is 243 cm³/mol. The number of benzene rings is 2. The Morgan fingerprint density at radius 2 is 1.24 bits per heavy atom. The summed E-state index contributed by atoms with van der Waals surface area (Å²) in [5.74, 6) is -6.52. The van der Waals surface area contributed by atoms with Crippen molar-refractivity contribution in [3.8, 4) is 11.5 Å². The zero-order valence-electron chi connectivity index (χ0n) is 38.1. The number of hydrogen-bond donors (Lipinski definition) is 12. The first-order valence-electron chi connectivity index (χ1n) is 23.1. The summed E-state index contributed by atoms with van der Waals surface area (Å²) in [6.45, 7) is 1.67. The van der Waals surface area contributed by atoms with Crippen molar-refractivity contribution in [3.05, 3.63) is 59.7 Å². The van der Waals surface area contributed by atoms with E-state index in [0.717, 1.165) is 6.42 Å². The number of carbonyl (C=O) groups excluding carboxylic acids is 7. The van der Waals surface area contributed by atoms with Crippen LogP contribution in [0, 0.1) is 0 Å². The second-order valence-electron chi connectivity index (χ2n) is 17.5. The quantitative estimate of drug-likeness (QED) is 0.0518. The molecule has 0 bridgehead atoms. The second-order valence-corrected chi connectivity index (χ2v) is 17.5. The minimum Gasteiger partial charge on any atom is -0.508 e. The zero-order chi connectivity index (χ0) is 49.5. The van der Waals surface area contributed by atoms with Gasteiger partial charge in [-0.25, -0.2) is 4.79 Å². The average Bonchev–Trinajstić information content (AvgIpc) is 4.14. The van der Waals surface area contributed by atoms with E-state index in [0.29, 0.717) is 56.3 Å². The number of aliphatic carboxylic acids is 1. The van der Waals surface area contributed by atoms with Crippen molar-refractivity contribution in [3.63, 3.8) is 0 Å². The summed E-state index contributed by atoms with van der Waals surface area (Å²) < 4.78 is 0. The van der Waals surface area contributed by atoms with Crippen molar-refractivity contribution in [2.24, 2.45) is 5.73 Å². The maximum atomic E-state index is 14.5. The number of carboxylic acid groups (broad SMARTS) is 1. The van der Waals surface area contributed by atoms with Crippen LogP contribution in [0.3, 0.4) is 0 Å². The van der Waals surface area contributed by atoms with Gasteiger partial charge in [-0.1, -0.05) is 24.3 Å². The number of rotatable bonds is 23. The first kappa shape index (κ1) is 52.6. The molecule has 0 aromatic heterocycles. The highest BCUT2D eigenvalue weighted by Crippen LogP contribution is 2.27. The molecule has 5 rings (SSSR count). The molecule has 3 heterocycles. The van der Waals surface area contributed by atoms with Gasteiger partial charge in [-0.2, -0.15) is 0 Å². The molecule has 3 aliphatic heterocycles. The van der Waals surface area contributed by atoms with Gasteiger partial charge in [0.25, 0.3) is 0 Å². The van der Waals surface area contributed by atoms with Crippen molar-refractivity contribution in [1.82, 2.24) is 41.7 Å². The molecule has 3 aliphatic rings. The minimum atomic E-state index is -1.65. The summed E-state index contributed by atoms with van der Waals surface area (Å²) in [5, 5.41) is 66.1. The van der Waals surface area contributed by atoms with E-state index in [1.54, 1.807) is 12.1 Å². The molecule has 0 spiro atoms. The topological polar surface area (TPSA) is 342 Å². The lowest BCUT2D eigenvalue weighted by atomic mass is 10.0. The number of hydrogen-bond acceptors (Lipinski definition) is 14.